The van der Waals surface area contributed by atoms with Gasteiger partial charge in [-0.3, -0.25) is 0 Å². The average Bonchev–Trinajstić information content (AvgIpc) is 3.40. The molecule has 2 aromatic heterocycles. The summed E-state index contributed by atoms with van der Waals surface area (Å²) in [5.41, 5.74) is 7.69. The fraction of sp³-hybridized carbons (Fsp3) is 0.148. The number of benzene rings is 2. The Morgan fingerprint density at radius 3 is 2.36 bits per heavy atom. The summed E-state index contributed by atoms with van der Waals surface area (Å²) in [5.74, 6) is -1.16. The van der Waals surface area contributed by atoms with Crippen LogP contribution in [0.5, 0.6) is 5.75 Å². The Morgan fingerprint density at radius 1 is 1.05 bits per heavy atom. The zero-order valence-electron chi connectivity index (χ0n) is 20.2. The minimum Gasteiger partial charge on any atom is -0.491 e. The van der Waals surface area contributed by atoms with Gasteiger partial charge in [0.25, 0.3) is 0 Å². The van der Waals surface area contributed by atoms with Gasteiger partial charge in [0.2, 0.25) is 11.7 Å². The van der Waals surface area contributed by atoms with E-state index >= 15 is 0 Å². The molecule has 0 spiro atoms. The van der Waals surface area contributed by atoms with Gasteiger partial charge in [0, 0.05) is 16.9 Å². The highest BCUT2D eigenvalue weighted by Crippen LogP contribution is 2.37. The van der Waals surface area contributed by atoms with Crippen LogP contribution in [0.2, 0.25) is 0 Å². The van der Waals surface area contributed by atoms with Crippen molar-refractivity contribution in [3.63, 3.8) is 0 Å². The third-order valence-electron chi connectivity index (χ3n) is 5.47. The Hall–Kier alpha value is -4.88. The molecule has 4 rings (SSSR count). The van der Waals surface area contributed by atoms with Crippen molar-refractivity contribution in [1.29, 1.82) is 10.5 Å². The quantitative estimate of drug-likeness (QED) is 0.213. The highest BCUT2D eigenvalue weighted by molar-refractivity contribution is 7.98. The van der Waals surface area contributed by atoms with Crippen molar-refractivity contribution in [2.45, 2.75) is 16.9 Å². The Labute approximate surface area is 226 Å². The second-order valence-corrected chi connectivity index (χ2v) is 9.04. The van der Waals surface area contributed by atoms with Crippen LogP contribution in [0.4, 0.5) is 5.82 Å². The average molecular weight is 544 g/mol. The summed E-state index contributed by atoms with van der Waals surface area (Å²) in [6.07, 6.45) is -1.03. The van der Waals surface area contributed by atoms with Crippen LogP contribution in [0, 0.1) is 22.7 Å². The molecule has 2 heterocycles. The van der Waals surface area contributed by atoms with Crippen molar-refractivity contribution in [2.24, 2.45) is 0 Å². The number of oxazole rings is 1. The lowest BCUT2D eigenvalue weighted by Crippen LogP contribution is -2.21. The molecule has 0 bridgehead atoms. The van der Waals surface area contributed by atoms with Crippen LogP contribution in [0.15, 0.2) is 64.0 Å². The number of ether oxygens (including phenoxy) is 1. The van der Waals surface area contributed by atoms with E-state index in [-0.39, 0.29) is 57.2 Å². The van der Waals surface area contributed by atoms with Crippen molar-refractivity contribution < 1.29 is 29.3 Å². The number of hydrogen-bond acceptors (Lipinski definition) is 11. The molecule has 0 aliphatic heterocycles. The lowest BCUT2D eigenvalue weighted by atomic mass is 9.97. The van der Waals surface area contributed by atoms with E-state index in [2.05, 4.69) is 16.0 Å². The number of nitriles is 2. The second kappa shape index (κ2) is 12.1. The molecular weight excluding hydrogens is 522 g/mol. The Bertz CT molecular complexity index is 1580. The number of aromatic nitrogens is 2. The number of nitrogen functional groups attached to an aromatic ring is 1. The number of carboxylic acid groups (broad SMARTS) is 1. The molecule has 1 atom stereocenters. The van der Waals surface area contributed by atoms with Gasteiger partial charge in [-0.2, -0.15) is 10.5 Å². The van der Waals surface area contributed by atoms with Crippen molar-refractivity contribution in [3.05, 3.63) is 77.2 Å². The zero-order chi connectivity index (χ0) is 27.9. The SMILES string of the molecule is N#Cc1c(N)nc(SCc2nc(-c3ccccc3)oc2C(=O)O)c(C#N)c1-c1ccc(OC[C@@H](O)CO)cc1. The van der Waals surface area contributed by atoms with Gasteiger partial charge in [-0.25, -0.2) is 14.8 Å². The van der Waals surface area contributed by atoms with E-state index in [9.17, 15) is 25.5 Å². The maximum absolute atomic E-state index is 11.8. The number of nitrogens with two attached hydrogens (primary N) is 1. The van der Waals surface area contributed by atoms with Gasteiger partial charge in [0.15, 0.2) is 0 Å². The summed E-state index contributed by atoms with van der Waals surface area (Å²) in [7, 11) is 0. The zero-order valence-corrected chi connectivity index (χ0v) is 21.1. The molecule has 0 aliphatic carbocycles. The second-order valence-electron chi connectivity index (χ2n) is 8.08. The molecule has 0 amide bonds. The number of aliphatic hydroxyl groups excluding tert-OH is 2. The van der Waals surface area contributed by atoms with Gasteiger partial charge in [-0.15, -0.1) is 0 Å². The van der Waals surface area contributed by atoms with Crippen molar-refractivity contribution >= 4 is 23.5 Å². The van der Waals surface area contributed by atoms with Crippen molar-refractivity contribution in [1.82, 2.24) is 9.97 Å². The summed E-state index contributed by atoms with van der Waals surface area (Å²) < 4.78 is 10.9. The Balaban J connectivity index is 1.68. The van der Waals surface area contributed by atoms with Crippen molar-refractivity contribution in [2.75, 3.05) is 18.9 Å². The largest absolute Gasteiger partial charge is 0.491 e. The number of aliphatic hydroxyl groups is 2. The normalized spacial score (nSPS) is 11.4. The summed E-state index contributed by atoms with van der Waals surface area (Å²) in [6, 6.07) is 19.3. The molecule has 12 heteroatoms. The molecule has 5 N–H and O–H groups in total. The minimum absolute atomic E-state index is 0.00435. The molecule has 0 radical (unpaired) electrons. The van der Waals surface area contributed by atoms with Crippen LogP contribution in [0.3, 0.4) is 0 Å². The number of carbonyl (C=O) groups is 1. The summed E-state index contributed by atoms with van der Waals surface area (Å²) in [6.45, 7) is -0.556. The molecule has 11 nitrogen and oxygen atoms in total. The molecule has 39 heavy (non-hydrogen) atoms. The van der Waals surface area contributed by atoms with Crippen LogP contribution < -0.4 is 10.5 Å². The van der Waals surface area contributed by atoms with Crippen LogP contribution in [-0.4, -0.2) is 50.6 Å². The Kier molecular flexibility index (Phi) is 8.43. The van der Waals surface area contributed by atoms with Gasteiger partial charge in [0.1, 0.15) is 52.7 Å². The molecule has 0 saturated carbocycles. The highest BCUT2D eigenvalue weighted by atomic mass is 32.2. The summed E-state index contributed by atoms with van der Waals surface area (Å²) in [4.78, 5) is 20.4. The smallest absolute Gasteiger partial charge is 0.373 e. The minimum atomic E-state index is -1.29. The molecule has 0 unspecified atom stereocenters. The number of aromatic carboxylic acids is 1. The number of hydrogen-bond donors (Lipinski definition) is 4. The first-order chi connectivity index (χ1) is 18.9. The van der Waals surface area contributed by atoms with Crippen LogP contribution in [0.1, 0.15) is 27.4 Å². The van der Waals surface area contributed by atoms with Crippen LogP contribution in [-0.2, 0) is 5.75 Å². The van der Waals surface area contributed by atoms with Gasteiger partial charge >= 0.3 is 5.97 Å². The van der Waals surface area contributed by atoms with Gasteiger partial charge < -0.3 is 30.2 Å². The van der Waals surface area contributed by atoms with Gasteiger partial charge in [0.05, 0.1) is 12.2 Å². The lowest BCUT2D eigenvalue weighted by Gasteiger charge is -2.14. The lowest BCUT2D eigenvalue weighted by molar-refractivity contribution is 0.0536. The van der Waals surface area contributed by atoms with E-state index in [0.717, 1.165) is 11.8 Å². The standard InChI is InChI=1S/C27H21N5O6S/c28-10-19-22(15-6-8-18(9-7-15)37-13-17(34)12-33)20(11-29)26(32-24(19)30)39-14-21-23(27(35)36)38-25(31-21)16-4-2-1-3-5-16/h1-9,17,33-34H,12-14H2,(H2,30,32)(H,35,36)/t17-/m0/s1. The number of nitrogens with zero attached hydrogens (tertiary/aromatic N) is 4. The highest BCUT2D eigenvalue weighted by Gasteiger charge is 2.24. The number of carboxylic acids is 1. The number of pyridine rings is 1. The summed E-state index contributed by atoms with van der Waals surface area (Å²) in [5, 5.41) is 48.0. The predicted molar refractivity (Wildman–Crippen MR) is 141 cm³/mol. The number of anilines is 1. The first kappa shape index (κ1) is 27.2. The summed E-state index contributed by atoms with van der Waals surface area (Å²) >= 11 is 1.04. The van der Waals surface area contributed by atoms with E-state index < -0.39 is 18.7 Å². The molecule has 2 aromatic carbocycles. The molecule has 0 fully saturated rings. The van der Waals surface area contributed by atoms with E-state index in [0.29, 0.717) is 16.9 Å². The van der Waals surface area contributed by atoms with E-state index in [1.165, 1.54) is 0 Å². The van der Waals surface area contributed by atoms with Crippen LogP contribution in [0.25, 0.3) is 22.6 Å². The maximum atomic E-state index is 11.8. The predicted octanol–water partition coefficient (Wildman–Crippen LogP) is 3.45. The fourth-order valence-corrected chi connectivity index (χ4v) is 4.54. The third kappa shape index (κ3) is 6.00. The molecule has 4 aromatic rings. The van der Waals surface area contributed by atoms with Gasteiger partial charge in [-0.05, 0) is 29.8 Å². The molecule has 0 saturated heterocycles. The maximum Gasteiger partial charge on any atom is 0.373 e. The van der Waals surface area contributed by atoms with E-state index in [4.69, 9.17) is 20.0 Å². The monoisotopic (exact) mass is 543 g/mol. The molecule has 0 aliphatic rings. The van der Waals surface area contributed by atoms with Crippen molar-refractivity contribution in [3.8, 4) is 40.5 Å². The van der Waals surface area contributed by atoms with E-state index in [1.54, 1.807) is 48.5 Å². The first-order valence-corrected chi connectivity index (χ1v) is 12.4. The van der Waals surface area contributed by atoms with Crippen LogP contribution >= 0.6 is 11.8 Å². The third-order valence-corrected chi connectivity index (χ3v) is 6.46. The van der Waals surface area contributed by atoms with E-state index in [1.807, 2.05) is 12.1 Å². The Morgan fingerprint density at radius 2 is 1.74 bits per heavy atom. The molecular formula is C27H21N5O6S. The van der Waals surface area contributed by atoms with Gasteiger partial charge in [-0.1, -0.05) is 42.1 Å². The molecule has 196 valence electrons. The fourth-order valence-electron chi connectivity index (χ4n) is 3.61. The first-order valence-electron chi connectivity index (χ1n) is 11.4. The topological polar surface area (TPSA) is 200 Å². The number of thioether (sulfide) groups is 1. The number of rotatable bonds is 10.